The summed E-state index contributed by atoms with van der Waals surface area (Å²) in [4.78, 5) is 38.1. The summed E-state index contributed by atoms with van der Waals surface area (Å²) >= 11 is 0. The van der Waals surface area contributed by atoms with Crippen molar-refractivity contribution in [3.8, 4) is 0 Å². The van der Waals surface area contributed by atoms with E-state index >= 15 is 0 Å². The summed E-state index contributed by atoms with van der Waals surface area (Å²) in [5.41, 5.74) is 0. The predicted octanol–water partition coefficient (Wildman–Crippen LogP) is 18.8. The number of hydrogen-bond donors (Lipinski definition) is 0. The highest BCUT2D eigenvalue weighted by atomic mass is 16.6. The number of allylic oxidation sites excluding steroid dienone is 14. The van der Waals surface area contributed by atoms with Gasteiger partial charge in [-0.3, -0.25) is 14.4 Å². The highest BCUT2D eigenvalue weighted by Crippen LogP contribution is 2.15. The lowest BCUT2D eigenvalue weighted by Gasteiger charge is -2.18. The fourth-order valence-electron chi connectivity index (χ4n) is 7.75. The maximum Gasteiger partial charge on any atom is 0.306 e. The van der Waals surface area contributed by atoms with E-state index in [1.807, 2.05) is 0 Å². The Hall–Kier alpha value is -3.41. The van der Waals surface area contributed by atoms with Crippen LogP contribution in [0.5, 0.6) is 0 Å². The van der Waals surface area contributed by atoms with Crippen molar-refractivity contribution in [1.82, 2.24) is 0 Å². The largest absolute Gasteiger partial charge is 0.462 e. The fraction of sp³-hybridized carbons (Fsp3) is 0.721. The third kappa shape index (κ3) is 53.4. The van der Waals surface area contributed by atoms with Gasteiger partial charge in [-0.2, -0.15) is 0 Å². The summed E-state index contributed by atoms with van der Waals surface area (Å²) in [5.74, 6) is -0.914. The van der Waals surface area contributed by atoms with Crippen molar-refractivity contribution in [2.75, 3.05) is 13.2 Å². The van der Waals surface area contributed by atoms with Gasteiger partial charge in [0.1, 0.15) is 13.2 Å². The molecular formula is C61H104O6. The second-order valence-corrected chi connectivity index (χ2v) is 18.5. The molecule has 6 nitrogen and oxygen atoms in total. The van der Waals surface area contributed by atoms with Crippen molar-refractivity contribution in [3.05, 3.63) is 85.1 Å². The standard InChI is InChI=1S/C61H104O6/c1-4-7-10-13-16-19-22-25-27-29-30-32-33-36-39-42-45-48-51-54-60(63)66-57-58(56-65-59(62)53-50-47-44-41-38-35-24-21-18-15-12-9-6-3)67-61(64)55-52-49-46-43-40-37-34-31-28-26-23-20-17-14-11-8-5-2/h7,9-10,12,15-16,18-19,21,24-28,58H,4-6,8,11,13-14,17,20,22-23,29-57H2,1-3H3/b10-7+,12-9+,18-15+,19-16+,24-21+,27-25+,28-26+. The molecule has 0 heterocycles. The average molecular weight is 933 g/mol. The smallest absolute Gasteiger partial charge is 0.306 e. The van der Waals surface area contributed by atoms with Gasteiger partial charge in [0.25, 0.3) is 0 Å². The molecule has 0 aromatic heterocycles. The van der Waals surface area contributed by atoms with Gasteiger partial charge in [0.2, 0.25) is 0 Å². The second-order valence-electron chi connectivity index (χ2n) is 18.5. The summed E-state index contributed by atoms with van der Waals surface area (Å²) in [5, 5.41) is 0. The van der Waals surface area contributed by atoms with Crippen molar-refractivity contribution < 1.29 is 28.6 Å². The van der Waals surface area contributed by atoms with E-state index in [1.165, 1.54) is 122 Å². The molecule has 0 radical (unpaired) electrons. The molecule has 1 unspecified atom stereocenters. The zero-order valence-electron chi connectivity index (χ0n) is 43.9. The van der Waals surface area contributed by atoms with Crippen LogP contribution in [-0.2, 0) is 28.6 Å². The van der Waals surface area contributed by atoms with E-state index in [0.717, 1.165) is 103 Å². The number of unbranched alkanes of at least 4 members (excludes halogenated alkanes) is 27. The van der Waals surface area contributed by atoms with Gasteiger partial charge in [-0.15, -0.1) is 0 Å². The van der Waals surface area contributed by atoms with Gasteiger partial charge >= 0.3 is 17.9 Å². The van der Waals surface area contributed by atoms with Gasteiger partial charge in [-0.1, -0.05) is 234 Å². The van der Waals surface area contributed by atoms with Crippen LogP contribution in [0, 0.1) is 0 Å². The molecule has 0 bridgehead atoms. The number of carbonyl (C=O) groups is 3. The quantitative estimate of drug-likeness (QED) is 0.0199. The summed E-state index contributed by atoms with van der Waals surface area (Å²) < 4.78 is 16.8. The molecule has 0 N–H and O–H groups in total. The Morgan fingerprint density at radius 2 is 0.657 bits per heavy atom. The van der Waals surface area contributed by atoms with Crippen molar-refractivity contribution in [1.29, 1.82) is 0 Å². The molecule has 0 aliphatic rings. The number of rotatable bonds is 50. The van der Waals surface area contributed by atoms with E-state index in [4.69, 9.17) is 14.2 Å². The van der Waals surface area contributed by atoms with Crippen LogP contribution < -0.4 is 0 Å². The minimum absolute atomic E-state index is 0.0878. The first-order valence-electron chi connectivity index (χ1n) is 28.1. The Labute approximate surface area is 414 Å². The molecule has 0 aromatic carbocycles. The summed E-state index contributed by atoms with van der Waals surface area (Å²) in [6.45, 7) is 6.38. The topological polar surface area (TPSA) is 78.9 Å². The molecule has 1 atom stereocenters. The number of ether oxygens (including phenoxy) is 3. The van der Waals surface area contributed by atoms with E-state index in [9.17, 15) is 14.4 Å². The molecular weight excluding hydrogens is 829 g/mol. The number of esters is 3. The minimum Gasteiger partial charge on any atom is -0.462 e. The first-order valence-corrected chi connectivity index (χ1v) is 28.1. The molecule has 67 heavy (non-hydrogen) atoms. The zero-order valence-corrected chi connectivity index (χ0v) is 43.9. The van der Waals surface area contributed by atoms with Crippen LogP contribution in [0.2, 0.25) is 0 Å². The lowest BCUT2D eigenvalue weighted by atomic mass is 10.1. The van der Waals surface area contributed by atoms with Crippen molar-refractivity contribution in [2.24, 2.45) is 0 Å². The summed E-state index contributed by atoms with van der Waals surface area (Å²) in [6.07, 6.45) is 71.4. The maximum absolute atomic E-state index is 12.8. The first-order chi connectivity index (χ1) is 33.0. The summed E-state index contributed by atoms with van der Waals surface area (Å²) in [6, 6.07) is 0. The molecule has 0 fully saturated rings. The predicted molar refractivity (Wildman–Crippen MR) is 288 cm³/mol. The molecule has 0 spiro atoms. The SMILES string of the molecule is CC/C=C/C=C/C=C/CCCCCCCC(=O)OCC(COC(=O)CCCCCCCCCCC/C=C/C/C=C/C/C=C/CC)OC(=O)CCCCCCCCC/C=C/CCCCCCCC. The Morgan fingerprint density at radius 3 is 1.09 bits per heavy atom. The monoisotopic (exact) mass is 933 g/mol. The van der Waals surface area contributed by atoms with Crippen LogP contribution in [0.1, 0.15) is 265 Å². The van der Waals surface area contributed by atoms with Gasteiger partial charge in [-0.05, 0) is 96.3 Å². The molecule has 0 rings (SSSR count). The third-order valence-electron chi connectivity index (χ3n) is 11.9. The second kappa shape index (κ2) is 55.2. The highest BCUT2D eigenvalue weighted by Gasteiger charge is 2.19. The van der Waals surface area contributed by atoms with Crippen molar-refractivity contribution >= 4 is 17.9 Å². The van der Waals surface area contributed by atoms with E-state index in [2.05, 4.69) is 106 Å². The van der Waals surface area contributed by atoms with Crippen LogP contribution in [-0.4, -0.2) is 37.2 Å². The van der Waals surface area contributed by atoms with E-state index < -0.39 is 6.10 Å². The lowest BCUT2D eigenvalue weighted by molar-refractivity contribution is -0.167. The summed E-state index contributed by atoms with van der Waals surface area (Å²) in [7, 11) is 0. The van der Waals surface area contributed by atoms with E-state index in [1.54, 1.807) is 0 Å². The van der Waals surface area contributed by atoms with Crippen LogP contribution >= 0.6 is 0 Å². The number of hydrogen-bond acceptors (Lipinski definition) is 6. The Morgan fingerprint density at radius 1 is 0.328 bits per heavy atom. The molecule has 0 aromatic rings. The maximum atomic E-state index is 12.8. The Balaban J connectivity index is 4.39. The number of carbonyl (C=O) groups excluding carboxylic acids is 3. The van der Waals surface area contributed by atoms with Crippen LogP contribution in [0.15, 0.2) is 85.1 Å². The molecule has 0 saturated heterocycles. The van der Waals surface area contributed by atoms with E-state index in [-0.39, 0.29) is 31.1 Å². The van der Waals surface area contributed by atoms with Crippen LogP contribution in [0.4, 0.5) is 0 Å². The molecule has 384 valence electrons. The van der Waals surface area contributed by atoms with E-state index in [0.29, 0.717) is 19.3 Å². The van der Waals surface area contributed by atoms with Crippen molar-refractivity contribution in [3.63, 3.8) is 0 Å². The van der Waals surface area contributed by atoms with Gasteiger partial charge in [0, 0.05) is 19.3 Å². The van der Waals surface area contributed by atoms with Crippen LogP contribution in [0.3, 0.4) is 0 Å². The lowest BCUT2D eigenvalue weighted by Crippen LogP contribution is -2.30. The Bertz CT molecular complexity index is 1300. The molecule has 0 aliphatic heterocycles. The highest BCUT2D eigenvalue weighted by molar-refractivity contribution is 5.71. The minimum atomic E-state index is -0.790. The first kappa shape index (κ1) is 63.6. The molecule has 0 amide bonds. The van der Waals surface area contributed by atoms with Crippen molar-refractivity contribution in [2.45, 2.75) is 271 Å². The molecule has 0 aliphatic carbocycles. The molecule has 6 heteroatoms. The normalized spacial score (nSPS) is 12.7. The average Bonchev–Trinajstić information content (AvgIpc) is 3.33. The van der Waals surface area contributed by atoms with Gasteiger partial charge < -0.3 is 14.2 Å². The van der Waals surface area contributed by atoms with Crippen LogP contribution in [0.25, 0.3) is 0 Å². The van der Waals surface area contributed by atoms with Gasteiger partial charge in [0.05, 0.1) is 0 Å². The van der Waals surface area contributed by atoms with Gasteiger partial charge in [0.15, 0.2) is 6.10 Å². The fourth-order valence-corrected chi connectivity index (χ4v) is 7.75. The van der Waals surface area contributed by atoms with Gasteiger partial charge in [-0.25, -0.2) is 0 Å². The third-order valence-corrected chi connectivity index (χ3v) is 11.9. The Kier molecular flexibility index (Phi) is 52.4. The molecule has 0 saturated carbocycles. The zero-order chi connectivity index (χ0) is 48.6.